The Morgan fingerprint density at radius 3 is 2.38 bits per heavy atom. The minimum Gasteiger partial charge on any atom is -0.494 e. The van der Waals surface area contributed by atoms with Gasteiger partial charge in [-0.05, 0) is 73.7 Å². The monoisotopic (exact) mass is 587 g/mol. The van der Waals surface area contributed by atoms with Crippen LogP contribution in [0.15, 0.2) is 66.2 Å². The summed E-state index contributed by atoms with van der Waals surface area (Å²) in [4.78, 5) is 51.7. The molecule has 0 aromatic heterocycles. The summed E-state index contributed by atoms with van der Waals surface area (Å²) in [6, 6.07) is 14.4. The molecule has 3 aromatic carbocycles. The Morgan fingerprint density at radius 1 is 0.949 bits per heavy atom. The maximum Gasteiger partial charge on any atom is 0.335 e. The van der Waals surface area contributed by atoms with Crippen LogP contribution in [0.3, 0.4) is 0 Å². The molecule has 0 spiro atoms. The Labute approximate surface area is 238 Å². The van der Waals surface area contributed by atoms with Gasteiger partial charge in [-0.1, -0.05) is 34.8 Å². The molecule has 0 aliphatic carbocycles. The third kappa shape index (κ3) is 6.69. The van der Waals surface area contributed by atoms with Crippen molar-refractivity contribution in [2.45, 2.75) is 6.92 Å². The van der Waals surface area contributed by atoms with E-state index in [0.29, 0.717) is 23.1 Å². The second-order valence-electron chi connectivity index (χ2n) is 8.03. The highest BCUT2D eigenvalue weighted by molar-refractivity contribution is 6.42. The quantitative estimate of drug-likeness (QED) is 0.257. The van der Waals surface area contributed by atoms with Crippen LogP contribution >= 0.6 is 34.8 Å². The van der Waals surface area contributed by atoms with Crippen molar-refractivity contribution in [2.24, 2.45) is 0 Å². The van der Waals surface area contributed by atoms with E-state index in [2.05, 4.69) is 10.6 Å². The van der Waals surface area contributed by atoms with Crippen LogP contribution in [-0.2, 0) is 14.4 Å². The fourth-order valence-electron chi connectivity index (χ4n) is 3.58. The number of hydrogen-bond acceptors (Lipinski definition) is 6. The van der Waals surface area contributed by atoms with E-state index in [0.717, 1.165) is 4.90 Å². The number of urea groups is 1. The van der Waals surface area contributed by atoms with Crippen molar-refractivity contribution in [1.82, 2.24) is 5.32 Å². The van der Waals surface area contributed by atoms with Crippen molar-refractivity contribution in [3.05, 3.63) is 86.9 Å². The summed E-state index contributed by atoms with van der Waals surface area (Å²) in [5, 5.41) is 5.69. The van der Waals surface area contributed by atoms with E-state index in [4.69, 9.17) is 44.3 Å². The summed E-state index contributed by atoms with van der Waals surface area (Å²) >= 11 is 18.0. The third-order valence-electron chi connectivity index (χ3n) is 5.34. The highest BCUT2D eigenvalue weighted by Gasteiger charge is 2.37. The van der Waals surface area contributed by atoms with Crippen LogP contribution in [0.2, 0.25) is 15.1 Å². The van der Waals surface area contributed by atoms with Crippen LogP contribution < -0.4 is 25.0 Å². The van der Waals surface area contributed by atoms with Gasteiger partial charge in [0.15, 0.2) is 6.61 Å². The summed E-state index contributed by atoms with van der Waals surface area (Å²) in [7, 11) is 0. The lowest BCUT2D eigenvalue weighted by Crippen LogP contribution is -2.54. The van der Waals surface area contributed by atoms with Crippen molar-refractivity contribution >= 4 is 76.0 Å². The molecule has 0 atom stereocenters. The van der Waals surface area contributed by atoms with Crippen LogP contribution in [0.5, 0.6) is 11.5 Å². The number of carbonyl (C=O) groups excluding carboxylic acids is 4. The van der Waals surface area contributed by atoms with Gasteiger partial charge in [0.1, 0.15) is 17.1 Å². The van der Waals surface area contributed by atoms with E-state index in [9.17, 15) is 19.2 Å². The number of nitrogens with zero attached hydrogens (tertiary/aromatic N) is 1. The van der Waals surface area contributed by atoms with Gasteiger partial charge in [0.25, 0.3) is 17.7 Å². The van der Waals surface area contributed by atoms with Gasteiger partial charge < -0.3 is 14.8 Å². The summed E-state index contributed by atoms with van der Waals surface area (Å²) in [6.45, 7) is 1.87. The molecule has 1 heterocycles. The van der Waals surface area contributed by atoms with Gasteiger partial charge in [0.05, 0.1) is 22.3 Å². The predicted molar refractivity (Wildman–Crippen MR) is 149 cm³/mol. The molecule has 0 saturated carbocycles. The number of amides is 5. The second-order valence-corrected chi connectivity index (χ2v) is 9.28. The molecule has 3 aromatic rings. The molecular weight excluding hydrogens is 569 g/mol. The number of ether oxygens (including phenoxy) is 2. The van der Waals surface area contributed by atoms with Gasteiger partial charge in [-0.25, -0.2) is 9.69 Å². The van der Waals surface area contributed by atoms with Crippen LogP contribution in [-0.4, -0.2) is 37.0 Å². The molecule has 0 unspecified atom stereocenters. The Bertz CT molecular complexity index is 1490. The zero-order valence-corrected chi connectivity index (χ0v) is 22.6. The number of barbiturate groups is 1. The molecule has 39 heavy (non-hydrogen) atoms. The molecule has 5 amide bonds. The second kappa shape index (κ2) is 12.2. The fourth-order valence-corrected chi connectivity index (χ4v) is 4.06. The van der Waals surface area contributed by atoms with Gasteiger partial charge in [0, 0.05) is 16.3 Å². The molecule has 9 nitrogen and oxygen atoms in total. The number of nitrogens with one attached hydrogen (secondary N) is 2. The summed E-state index contributed by atoms with van der Waals surface area (Å²) in [5.74, 6) is -1.52. The standard InChI is InChI=1S/C27H20Cl3N3O6/c1-2-38-19-7-5-18(6-8-19)33-26(36)20(25(35)32-27(33)37)12-15-11-16(28)3-10-23(15)39-14-24(34)31-17-4-9-21(29)22(30)13-17/h3-13H,2,14H2,1H3,(H,31,34)(H,32,35,37)/b20-12+. The van der Waals surface area contributed by atoms with Crippen molar-refractivity contribution in [3.63, 3.8) is 0 Å². The SMILES string of the molecule is CCOc1ccc(N2C(=O)NC(=O)/C(=C\c3cc(Cl)ccc3OCC(=O)Nc3ccc(Cl)c(Cl)c3)C2=O)cc1. The van der Waals surface area contributed by atoms with E-state index < -0.39 is 30.4 Å². The average Bonchev–Trinajstić information content (AvgIpc) is 2.89. The molecule has 1 aliphatic heterocycles. The predicted octanol–water partition coefficient (Wildman–Crippen LogP) is 5.73. The average molecular weight is 589 g/mol. The topological polar surface area (TPSA) is 114 Å². The number of imide groups is 2. The largest absolute Gasteiger partial charge is 0.494 e. The molecule has 2 N–H and O–H groups in total. The number of anilines is 2. The molecule has 1 aliphatic rings. The first-order chi connectivity index (χ1) is 18.7. The zero-order valence-electron chi connectivity index (χ0n) is 20.3. The van der Waals surface area contributed by atoms with Crippen LogP contribution in [0, 0.1) is 0 Å². The summed E-state index contributed by atoms with van der Waals surface area (Å²) < 4.78 is 11.0. The minimum absolute atomic E-state index is 0.168. The van der Waals surface area contributed by atoms with Crippen LogP contribution in [0.4, 0.5) is 16.2 Å². The van der Waals surface area contributed by atoms with Crippen LogP contribution in [0.1, 0.15) is 12.5 Å². The van der Waals surface area contributed by atoms with Gasteiger partial charge in [-0.15, -0.1) is 0 Å². The Balaban J connectivity index is 1.56. The van der Waals surface area contributed by atoms with Gasteiger partial charge in [-0.3, -0.25) is 19.7 Å². The van der Waals surface area contributed by atoms with Crippen molar-refractivity contribution in [2.75, 3.05) is 23.4 Å². The molecule has 12 heteroatoms. The molecule has 0 bridgehead atoms. The van der Waals surface area contributed by atoms with Gasteiger partial charge in [-0.2, -0.15) is 0 Å². The van der Waals surface area contributed by atoms with Crippen LogP contribution in [0.25, 0.3) is 6.08 Å². The highest BCUT2D eigenvalue weighted by atomic mass is 35.5. The smallest absolute Gasteiger partial charge is 0.335 e. The number of rotatable bonds is 8. The molecule has 1 saturated heterocycles. The lowest BCUT2D eigenvalue weighted by Gasteiger charge is -2.26. The van der Waals surface area contributed by atoms with Crippen molar-refractivity contribution in [3.8, 4) is 11.5 Å². The lowest BCUT2D eigenvalue weighted by molar-refractivity contribution is -0.122. The third-order valence-corrected chi connectivity index (χ3v) is 6.32. The minimum atomic E-state index is -0.896. The van der Waals surface area contributed by atoms with E-state index in [-0.39, 0.29) is 32.6 Å². The maximum absolute atomic E-state index is 13.3. The van der Waals surface area contributed by atoms with E-state index in [1.165, 1.54) is 48.5 Å². The van der Waals surface area contributed by atoms with Gasteiger partial charge >= 0.3 is 6.03 Å². The summed E-state index contributed by atoms with van der Waals surface area (Å²) in [6.07, 6.45) is 1.24. The first-order valence-electron chi connectivity index (χ1n) is 11.5. The highest BCUT2D eigenvalue weighted by Crippen LogP contribution is 2.29. The number of halogens is 3. The number of hydrogen-bond donors (Lipinski definition) is 2. The maximum atomic E-state index is 13.3. The van der Waals surface area contributed by atoms with Crippen molar-refractivity contribution in [1.29, 1.82) is 0 Å². The molecule has 1 fully saturated rings. The Kier molecular flexibility index (Phi) is 8.75. The number of carbonyl (C=O) groups is 4. The van der Waals surface area contributed by atoms with E-state index in [1.807, 2.05) is 6.92 Å². The zero-order chi connectivity index (χ0) is 28.1. The summed E-state index contributed by atoms with van der Waals surface area (Å²) in [5.41, 5.74) is 0.557. The number of benzene rings is 3. The normalized spacial score (nSPS) is 14.3. The molecule has 0 radical (unpaired) electrons. The lowest BCUT2D eigenvalue weighted by atomic mass is 10.1. The van der Waals surface area contributed by atoms with Crippen molar-refractivity contribution < 1.29 is 28.7 Å². The Hall–Kier alpha value is -4.05. The fraction of sp³-hybridized carbons (Fsp3) is 0.111. The van der Waals surface area contributed by atoms with Gasteiger partial charge in [0.2, 0.25) is 0 Å². The molecular formula is C27H20Cl3N3O6. The molecule has 4 rings (SSSR count). The van der Waals surface area contributed by atoms with E-state index >= 15 is 0 Å². The molecule has 200 valence electrons. The first kappa shape index (κ1) is 28.0. The van der Waals surface area contributed by atoms with E-state index in [1.54, 1.807) is 18.2 Å². The first-order valence-corrected chi connectivity index (χ1v) is 12.6. The Morgan fingerprint density at radius 2 is 1.69 bits per heavy atom.